The van der Waals surface area contributed by atoms with Crippen LogP contribution < -0.4 is 25.0 Å². The third-order valence-electron chi connectivity index (χ3n) is 7.00. The Kier molecular flexibility index (Phi) is 6.67. The molecule has 6 nitrogen and oxygen atoms in total. The van der Waals surface area contributed by atoms with Gasteiger partial charge in [0.15, 0.2) is 17.3 Å². The summed E-state index contributed by atoms with van der Waals surface area (Å²) >= 11 is 3.72. The Labute approximate surface area is 220 Å². The lowest BCUT2D eigenvalue weighted by Gasteiger charge is -2.30. The average Bonchev–Trinajstić information content (AvgIpc) is 3.05. The lowest BCUT2D eigenvalue weighted by molar-refractivity contribution is -0.116. The van der Waals surface area contributed by atoms with Crippen LogP contribution in [0.3, 0.4) is 0 Å². The molecule has 3 aromatic rings. The molecule has 186 valence electrons. The number of carbonyl (C=O) groups is 1. The van der Waals surface area contributed by atoms with Gasteiger partial charge in [-0.15, -0.1) is 0 Å². The zero-order chi connectivity index (χ0) is 25.4. The van der Waals surface area contributed by atoms with Crippen molar-refractivity contribution in [3.05, 3.63) is 87.5 Å². The second-order valence-electron chi connectivity index (χ2n) is 9.38. The van der Waals surface area contributed by atoms with Crippen LogP contribution in [0.25, 0.3) is 0 Å². The van der Waals surface area contributed by atoms with E-state index in [2.05, 4.69) is 55.7 Å². The molecule has 0 amide bonds. The molecular formula is C29H30BrN3O3. The second-order valence-corrected chi connectivity index (χ2v) is 10.2. The smallest absolute Gasteiger partial charge is 0.163 e. The SMILES string of the molecule is COc1cc(Br)c(C2Nc3ccccc3NC3=C2C(=O)CC(c2ccc(N(C)C)cc2)C3)cc1OC. The Morgan fingerprint density at radius 1 is 0.917 bits per heavy atom. The van der Waals surface area contributed by atoms with E-state index in [9.17, 15) is 4.79 Å². The second kappa shape index (κ2) is 9.90. The number of benzene rings is 3. The van der Waals surface area contributed by atoms with Gasteiger partial charge in [-0.2, -0.15) is 0 Å². The average molecular weight is 548 g/mol. The molecule has 0 spiro atoms. The van der Waals surface area contributed by atoms with Gasteiger partial charge in [-0.25, -0.2) is 0 Å². The van der Waals surface area contributed by atoms with Crippen molar-refractivity contribution in [2.45, 2.75) is 24.8 Å². The number of para-hydroxylation sites is 2. The lowest BCUT2D eigenvalue weighted by Crippen LogP contribution is -2.27. The Balaban J connectivity index is 1.60. The Hall–Kier alpha value is -3.45. The first-order valence-electron chi connectivity index (χ1n) is 12.0. The molecule has 1 heterocycles. The fourth-order valence-electron chi connectivity index (χ4n) is 5.10. The van der Waals surface area contributed by atoms with Crippen LogP contribution in [0.5, 0.6) is 11.5 Å². The normalized spacial score (nSPS) is 18.9. The number of nitrogens with zero attached hydrogens (tertiary/aromatic N) is 1. The highest BCUT2D eigenvalue weighted by atomic mass is 79.9. The number of anilines is 3. The summed E-state index contributed by atoms with van der Waals surface area (Å²) < 4.78 is 11.9. The van der Waals surface area contributed by atoms with Gasteiger partial charge >= 0.3 is 0 Å². The van der Waals surface area contributed by atoms with E-state index in [1.807, 2.05) is 50.5 Å². The van der Waals surface area contributed by atoms with E-state index < -0.39 is 0 Å². The van der Waals surface area contributed by atoms with Crippen LogP contribution in [-0.2, 0) is 4.79 Å². The van der Waals surface area contributed by atoms with E-state index in [4.69, 9.17) is 9.47 Å². The Morgan fingerprint density at radius 2 is 1.58 bits per heavy atom. The van der Waals surface area contributed by atoms with Crippen molar-refractivity contribution < 1.29 is 14.3 Å². The van der Waals surface area contributed by atoms with Gasteiger partial charge in [-0.05, 0) is 59.9 Å². The van der Waals surface area contributed by atoms with Gasteiger partial charge in [0.25, 0.3) is 0 Å². The number of ether oxygens (including phenoxy) is 2. The van der Waals surface area contributed by atoms with Crippen molar-refractivity contribution in [2.75, 3.05) is 43.8 Å². The molecular weight excluding hydrogens is 518 g/mol. The maximum absolute atomic E-state index is 13.8. The zero-order valence-corrected chi connectivity index (χ0v) is 22.5. The van der Waals surface area contributed by atoms with Crippen LogP contribution in [0.15, 0.2) is 76.4 Å². The van der Waals surface area contributed by atoms with Crippen LogP contribution in [0, 0.1) is 0 Å². The molecule has 2 aliphatic rings. The minimum absolute atomic E-state index is 0.111. The quantitative estimate of drug-likeness (QED) is 0.379. The summed E-state index contributed by atoms with van der Waals surface area (Å²) in [6.07, 6.45) is 1.21. The standard InChI is InChI=1S/C29H30BrN3O3/c1-33(2)19-11-9-17(10-12-19)18-13-24-28(25(34)14-18)29(32-23-8-6-5-7-22(23)31-24)20-15-26(35-3)27(36-4)16-21(20)30/h5-12,15-16,18,29,31-32H,13-14H2,1-4H3. The van der Waals surface area contributed by atoms with Gasteiger partial charge in [0.1, 0.15) is 0 Å². The van der Waals surface area contributed by atoms with E-state index in [-0.39, 0.29) is 17.7 Å². The molecule has 2 unspecified atom stereocenters. The minimum Gasteiger partial charge on any atom is -0.493 e. The molecule has 3 aromatic carbocycles. The molecule has 0 saturated carbocycles. The van der Waals surface area contributed by atoms with Crippen LogP contribution in [0.1, 0.15) is 35.9 Å². The van der Waals surface area contributed by atoms with Crippen LogP contribution in [-0.4, -0.2) is 34.1 Å². The topological polar surface area (TPSA) is 62.8 Å². The van der Waals surface area contributed by atoms with Crippen molar-refractivity contribution in [1.29, 1.82) is 0 Å². The summed E-state index contributed by atoms with van der Waals surface area (Å²) in [6.45, 7) is 0. The number of nitrogens with one attached hydrogen (secondary N) is 2. The van der Waals surface area contributed by atoms with E-state index in [0.29, 0.717) is 17.9 Å². The Morgan fingerprint density at radius 3 is 2.25 bits per heavy atom. The summed E-state index contributed by atoms with van der Waals surface area (Å²) in [5, 5.41) is 7.24. The molecule has 1 aliphatic carbocycles. The van der Waals surface area contributed by atoms with Gasteiger partial charge in [0.2, 0.25) is 0 Å². The lowest BCUT2D eigenvalue weighted by atomic mass is 9.78. The van der Waals surface area contributed by atoms with Crippen LogP contribution in [0.4, 0.5) is 17.1 Å². The molecule has 0 radical (unpaired) electrons. The van der Waals surface area contributed by atoms with Crippen LogP contribution in [0.2, 0.25) is 0 Å². The summed E-state index contributed by atoms with van der Waals surface area (Å²) in [5.41, 5.74) is 6.86. The number of fused-ring (bicyclic) bond motifs is 1. The fourth-order valence-corrected chi connectivity index (χ4v) is 5.65. The molecule has 1 aliphatic heterocycles. The highest BCUT2D eigenvalue weighted by molar-refractivity contribution is 9.10. The van der Waals surface area contributed by atoms with Gasteiger partial charge in [0, 0.05) is 41.9 Å². The van der Waals surface area contributed by atoms with Gasteiger partial charge in [0.05, 0.1) is 31.6 Å². The molecule has 2 atom stereocenters. The van der Waals surface area contributed by atoms with Crippen molar-refractivity contribution >= 4 is 38.8 Å². The molecule has 0 saturated heterocycles. The molecule has 0 aromatic heterocycles. The highest BCUT2D eigenvalue weighted by Crippen LogP contribution is 2.47. The third kappa shape index (κ3) is 4.44. The fraction of sp³-hybridized carbons (Fsp3) is 0.276. The number of rotatable bonds is 5. The van der Waals surface area contributed by atoms with E-state index in [1.165, 1.54) is 5.56 Å². The molecule has 0 bridgehead atoms. The third-order valence-corrected chi connectivity index (χ3v) is 7.69. The summed E-state index contributed by atoms with van der Waals surface area (Å²) in [4.78, 5) is 15.9. The number of methoxy groups -OCH3 is 2. The number of Topliss-reactive ketones (excluding diaryl/α,β-unsaturated/α-hetero) is 1. The maximum atomic E-state index is 13.8. The van der Waals surface area contributed by atoms with Crippen molar-refractivity contribution in [2.24, 2.45) is 0 Å². The molecule has 0 fully saturated rings. The van der Waals surface area contributed by atoms with Crippen molar-refractivity contribution in [3.63, 3.8) is 0 Å². The first-order valence-corrected chi connectivity index (χ1v) is 12.8. The number of hydrogen-bond acceptors (Lipinski definition) is 6. The maximum Gasteiger partial charge on any atom is 0.163 e. The number of hydrogen-bond donors (Lipinski definition) is 2. The number of halogens is 1. The van der Waals surface area contributed by atoms with Crippen molar-refractivity contribution in [3.8, 4) is 11.5 Å². The number of allylic oxidation sites excluding steroid dienone is 1. The first-order chi connectivity index (χ1) is 17.4. The van der Waals surface area contributed by atoms with E-state index in [0.717, 1.165) is 44.8 Å². The summed E-state index contributed by atoms with van der Waals surface area (Å²) in [7, 11) is 7.30. The molecule has 7 heteroatoms. The van der Waals surface area contributed by atoms with E-state index >= 15 is 0 Å². The highest BCUT2D eigenvalue weighted by Gasteiger charge is 2.37. The summed E-state index contributed by atoms with van der Waals surface area (Å²) in [6, 6.07) is 20.1. The van der Waals surface area contributed by atoms with Crippen molar-refractivity contribution in [1.82, 2.24) is 0 Å². The molecule has 5 rings (SSSR count). The van der Waals surface area contributed by atoms with E-state index in [1.54, 1.807) is 14.2 Å². The van der Waals surface area contributed by atoms with Gasteiger partial charge in [-0.3, -0.25) is 4.79 Å². The number of ketones is 1. The predicted octanol–water partition coefficient (Wildman–Crippen LogP) is 6.51. The first kappa shape index (κ1) is 24.3. The monoisotopic (exact) mass is 547 g/mol. The minimum atomic E-state index is -0.352. The largest absolute Gasteiger partial charge is 0.493 e. The predicted molar refractivity (Wildman–Crippen MR) is 148 cm³/mol. The van der Waals surface area contributed by atoms with Crippen LogP contribution >= 0.6 is 15.9 Å². The zero-order valence-electron chi connectivity index (χ0n) is 20.9. The Bertz CT molecular complexity index is 1330. The molecule has 36 heavy (non-hydrogen) atoms. The van der Waals surface area contributed by atoms with Gasteiger partial charge in [-0.1, -0.05) is 40.2 Å². The summed E-state index contributed by atoms with van der Waals surface area (Å²) in [5.74, 6) is 1.50. The molecule has 2 N–H and O–H groups in total. The number of carbonyl (C=O) groups excluding carboxylic acids is 1. The van der Waals surface area contributed by atoms with Gasteiger partial charge < -0.3 is 25.0 Å².